The summed E-state index contributed by atoms with van der Waals surface area (Å²) in [4.78, 5) is 16.8. The van der Waals surface area contributed by atoms with Crippen LogP contribution >= 0.6 is 0 Å². The molecular weight excluding hydrogens is 237 g/mol. The summed E-state index contributed by atoms with van der Waals surface area (Å²) >= 11 is 0. The monoisotopic (exact) mass is 251 g/mol. The molecule has 0 saturated carbocycles. The number of nitrogens with two attached hydrogens (primary N) is 1. The maximum absolute atomic E-state index is 13.3. The summed E-state index contributed by atoms with van der Waals surface area (Å²) in [6, 6.07) is 2.60. The summed E-state index contributed by atoms with van der Waals surface area (Å²) in [5.74, 6) is -0.652. The topological polar surface area (TPSA) is 78.9 Å². The van der Waals surface area contributed by atoms with Gasteiger partial charge in [-0.2, -0.15) is 4.99 Å². The number of carbonyl (C=O) groups is 1. The lowest BCUT2D eigenvalue weighted by Crippen LogP contribution is -2.33. The van der Waals surface area contributed by atoms with Crippen molar-refractivity contribution in [1.82, 2.24) is 4.90 Å². The van der Waals surface area contributed by atoms with E-state index in [2.05, 4.69) is 4.99 Å². The van der Waals surface area contributed by atoms with Crippen LogP contribution in [0.1, 0.15) is 24.9 Å². The van der Waals surface area contributed by atoms with E-state index in [-0.39, 0.29) is 11.6 Å². The van der Waals surface area contributed by atoms with Crippen molar-refractivity contribution < 1.29 is 14.3 Å². The molecule has 0 aliphatic carbocycles. The van der Waals surface area contributed by atoms with Gasteiger partial charge in [0.05, 0.1) is 0 Å². The lowest BCUT2D eigenvalue weighted by Gasteiger charge is -2.24. The highest BCUT2D eigenvalue weighted by molar-refractivity contribution is 6.03. The molecule has 0 fully saturated rings. The third kappa shape index (κ3) is 2.13. The fraction of sp³-hybridized carbons (Fsp3) is 0.333. The highest BCUT2D eigenvalue weighted by atomic mass is 19.1. The smallest absolute Gasteiger partial charge is 0.346 e. The molecule has 1 aromatic carbocycles. The van der Waals surface area contributed by atoms with E-state index in [9.17, 15) is 14.3 Å². The van der Waals surface area contributed by atoms with E-state index in [1.165, 1.54) is 17.0 Å². The largest absolute Gasteiger partial charge is 0.508 e. The van der Waals surface area contributed by atoms with Crippen molar-refractivity contribution in [3.8, 4) is 5.75 Å². The second-order valence-electron chi connectivity index (χ2n) is 4.16. The zero-order valence-corrected chi connectivity index (χ0v) is 9.93. The van der Waals surface area contributed by atoms with Gasteiger partial charge in [0.15, 0.2) is 0 Å². The molecule has 0 aromatic heterocycles. The van der Waals surface area contributed by atoms with E-state index in [4.69, 9.17) is 5.73 Å². The lowest BCUT2D eigenvalue weighted by molar-refractivity contribution is 0.206. The van der Waals surface area contributed by atoms with Crippen LogP contribution in [0.25, 0.3) is 0 Å². The van der Waals surface area contributed by atoms with E-state index in [1.54, 1.807) is 0 Å². The number of hydrogen-bond acceptors (Lipinski definition) is 3. The van der Waals surface area contributed by atoms with Gasteiger partial charge in [-0.3, -0.25) is 0 Å². The normalized spacial score (nSPS) is 19.2. The Bertz CT molecular complexity index is 496. The number of nitrogens with zero attached hydrogens (tertiary/aromatic N) is 2. The standard InChI is InChI=1S/C12H14FN3O2/c1-2-3-16-10(11(14)15-12(16)18)7-4-8(13)6-9(17)5-7/h4-6,10,17H,2-3H2,1H3,(H2,14,15,18). The van der Waals surface area contributed by atoms with Crippen LogP contribution in [-0.4, -0.2) is 28.4 Å². The average Bonchev–Trinajstić information content (AvgIpc) is 2.53. The number of benzene rings is 1. The summed E-state index contributed by atoms with van der Waals surface area (Å²) < 4.78 is 13.3. The number of phenolic OH excluding ortho intramolecular Hbond substituents is 1. The van der Waals surface area contributed by atoms with Crippen molar-refractivity contribution in [2.45, 2.75) is 19.4 Å². The van der Waals surface area contributed by atoms with Crippen LogP contribution in [0.3, 0.4) is 0 Å². The Morgan fingerprint density at radius 2 is 2.22 bits per heavy atom. The number of amides is 2. The molecule has 1 unspecified atom stereocenters. The number of halogens is 1. The molecule has 2 rings (SSSR count). The first-order valence-corrected chi connectivity index (χ1v) is 5.67. The van der Waals surface area contributed by atoms with Gasteiger partial charge >= 0.3 is 6.03 Å². The molecule has 18 heavy (non-hydrogen) atoms. The first-order chi connectivity index (χ1) is 8.52. The van der Waals surface area contributed by atoms with Crippen molar-refractivity contribution in [1.29, 1.82) is 0 Å². The van der Waals surface area contributed by atoms with Gasteiger partial charge in [0.2, 0.25) is 0 Å². The van der Waals surface area contributed by atoms with Gasteiger partial charge in [0, 0.05) is 12.6 Å². The lowest BCUT2D eigenvalue weighted by atomic mass is 10.0. The SMILES string of the molecule is CCCN1C(=O)N=C(N)C1c1cc(O)cc(F)c1. The van der Waals surface area contributed by atoms with Crippen molar-refractivity contribution in [2.75, 3.05) is 6.54 Å². The Morgan fingerprint density at radius 3 is 2.83 bits per heavy atom. The molecule has 1 aromatic rings. The van der Waals surface area contributed by atoms with Crippen molar-refractivity contribution in [3.05, 3.63) is 29.6 Å². The van der Waals surface area contributed by atoms with Crippen LogP contribution in [0.2, 0.25) is 0 Å². The second-order valence-corrected chi connectivity index (χ2v) is 4.16. The summed E-state index contributed by atoms with van der Waals surface area (Å²) in [5.41, 5.74) is 6.13. The minimum atomic E-state index is -0.598. The van der Waals surface area contributed by atoms with E-state index in [0.29, 0.717) is 12.1 Å². The molecule has 0 spiro atoms. The maximum Gasteiger partial charge on any atom is 0.346 e. The second kappa shape index (κ2) is 4.64. The highest BCUT2D eigenvalue weighted by Crippen LogP contribution is 2.29. The third-order valence-electron chi connectivity index (χ3n) is 2.75. The van der Waals surface area contributed by atoms with Gasteiger partial charge in [-0.25, -0.2) is 9.18 Å². The number of rotatable bonds is 3. The molecular formula is C12H14FN3O2. The van der Waals surface area contributed by atoms with Crippen molar-refractivity contribution in [3.63, 3.8) is 0 Å². The molecule has 2 amide bonds. The molecule has 0 saturated heterocycles. The first kappa shape index (κ1) is 12.3. The van der Waals surface area contributed by atoms with Crippen LogP contribution in [0.4, 0.5) is 9.18 Å². The van der Waals surface area contributed by atoms with Crippen molar-refractivity contribution in [2.24, 2.45) is 10.7 Å². The minimum absolute atomic E-state index is 0.124. The third-order valence-corrected chi connectivity index (χ3v) is 2.75. The molecule has 0 bridgehead atoms. The van der Waals surface area contributed by atoms with Crippen LogP contribution < -0.4 is 5.73 Å². The van der Waals surface area contributed by atoms with E-state index >= 15 is 0 Å². The zero-order valence-electron chi connectivity index (χ0n) is 9.93. The van der Waals surface area contributed by atoms with Gasteiger partial charge < -0.3 is 15.7 Å². The Morgan fingerprint density at radius 1 is 1.50 bits per heavy atom. The number of aliphatic imine (C=N–C) groups is 1. The van der Waals surface area contributed by atoms with Gasteiger partial charge in [0.25, 0.3) is 0 Å². The Labute approximate surface area is 104 Å². The molecule has 1 atom stereocenters. The van der Waals surface area contributed by atoms with Gasteiger partial charge in [0.1, 0.15) is 23.4 Å². The van der Waals surface area contributed by atoms with E-state index < -0.39 is 17.9 Å². The van der Waals surface area contributed by atoms with Crippen LogP contribution in [0.15, 0.2) is 23.2 Å². The van der Waals surface area contributed by atoms with Crippen LogP contribution in [0.5, 0.6) is 5.75 Å². The maximum atomic E-state index is 13.3. The number of aromatic hydroxyl groups is 1. The molecule has 3 N–H and O–H groups in total. The van der Waals surface area contributed by atoms with Gasteiger partial charge in [-0.05, 0) is 24.1 Å². The Balaban J connectivity index is 2.40. The minimum Gasteiger partial charge on any atom is -0.508 e. The summed E-state index contributed by atoms with van der Waals surface area (Å²) in [6.07, 6.45) is 0.742. The fourth-order valence-electron chi connectivity index (χ4n) is 2.08. The van der Waals surface area contributed by atoms with Crippen molar-refractivity contribution >= 4 is 11.9 Å². The average molecular weight is 251 g/mol. The number of carbonyl (C=O) groups excluding carboxylic acids is 1. The Kier molecular flexibility index (Phi) is 3.18. The number of amidine groups is 1. The van der Waals surface area contributed by atoms with Gasteiger partial charge in [-0.15, -0.1) is 0 Å². The summed E-state index contributed by atoms with van der Waals surface area (Å²) in [7, 11) is 0. The van der Waals surface area contributed by atoms with E-state index in [0.717, 1.165) is 12.5 Å². The quantitative estimate of drug-likeness (QED) is 0.859. The van der Waals surface area contributed by atoms with Crippen LogP contribution in [0, 0.1) is 5.82 Å². The number of urea groups is 1. The number of phenols is 1. The first-order valence-electron chi connectivity index (χ1n) is 5.67. The predicted molar refractivity (Wildman–Crippen MR) is 64.8 cm³/mol. The molecule has 5 nitrogen and oxygen atoms in total. The summed E-state index contributed by atoms with van der Waals surface area (Å²) in [5, 5.41) is 9.40. The number of hydrogen-bond donors (Lipinski definition) is 2. The van der Waals surface area contributed by atoms with E-state index in [1.807, 2.05) is 6.92 Å². The molecule has 96 valence electrons. The highest BCUT2D eigenvalue weighted by Gasteiger charge is 2.34. The molecule has 0 radical (unpaired) electrons. The summed E-state index contributed by atoms with van der Waals surface area (Å²) in [6.45, 7) is 2.40. The molecule has 6 heteroatoms. The Hall–Kier alpha value is -2.11. The van der Waals surface area contributed by atoms with Crippen LogP contribution in [-0.2, 0) is 0 Å². The predicted octanol–water partition coefficient (Wildman–Crippen LogP) is 1.78. The fourth-order valence-corrected chi connectivity index (χ4v) is 2.08. The molecule has 1 heterocycles. The zero-order chi connectivity index (χ0) is 13.3. The molecule has 1 aliphatic heterocycles. The molecule has 1 aliphatic rings. The van der Waals surface area contributed by atoms with Gasteiger partial charge in [-0.1, -0.05) is 6.92 Å².